The molecular formula is C7H4F3IMg. The molecule has 1 aromatic carbocycles. The molecule has 0 spiro atoms. The van der Waals surface area contributed by atoms with Gasteiger partial charge in [0.1, 0.15) is 0 Å². The Balaban J connectivity index is 0. The average molecular weight is 296 g/mol. The molecule has 0 saturated carbocycles. The van der Waals surface area contributed by atoms with E-state index in [2.05, 4.69) is 6.07 Å². The van der Waals surface area contributed by atoms with Gasteiger partial charge in [-0.25, -0.2) is 0 Å². The summed E-state index contributed by atoms with van der Waals surface area (Å²) in [6.07, 6.45) is -4.23. The van der Waals surface area contributed by atoms with E-state index in [0.717, 1.165) is 12.1 Å². The predicted octanol–water partition coefficient (Wildman–Crippen LogP) is -0.871. The molecule has 0 aliphatic carbocycles. The Morgan fingerprint density at radius 2 is 1.50 bits per heavy atom. The van der Waals surface area contributed by atoms with E-state index in [9.17, 15) is 13.2 Å². The van der Waals surface area contributed by atoms with Crippen LogP contribution in [0.4, 0.5) is 13.2 Å². The molecule has 0 atom stereocenters. The van der Waals surface area contributed by atoms with Crippen molar-refractivity contribution in [2.45, 2.75) is 6.18 Å². The molecule has 0 amide bonds. The van der Waals surface area contributed by atoms with Gasteiger partial charge >= 0.3 is 29.2 Å². The van der Waals surface area contributed by atoms with Crippen molar-refractivity contribution in [3.63, 3.8) is 0 Å². The third-order valence-electron chi connectivity index (χ3n) is 1.05. The van der Waals surface area contributed by atoms with Gasteiger partial charge in [0.25, 0.3) is 0 Å². The number of alkyl halides is 3. The van der Waals surface area contributed by atoms with Crippen LogP contribution in [0.2, 0.25) is 0 Å². The van der Waals surface area contributed by atoms with Crippen LogP contribution in [0.3, 0.4) is 0 Å². The molecule has 12 heavy (non-hydrogen) atoms. The summed E-state index contributed by atoms with van der Waals surface area (Å²) in [7, 11) is 0. The largest absolute Gasteiger partial charge is 2.00 e. The molecule has 0 unspecified atom stereocenters. The summed E-state index contributed by atoms with van der Waals surface area (Å²) in [5.41, 5.74) is -0.633. The first-order valence-electron chi connectivity index (χ1n) is 2.64. The van der Waals surface area contributed by atoms with E-state index in [1.54, 1.807) is 0 Å². The fourth-order valence-electron chi connectivity index (χ4n) is 0.576. The van der Waals surface area contributed by atoms with Crippen molar-refractivity contribution in [1.82, 2.24) is 0 Å². The Bertz CT molecular complexity index is 210. The van der Waals surface area contributed by atoms with Crippen molar-refractivity contribution in [2.24, 2.45) is 0 Å². The van der Waals surface area contributed by atoms with E-state index in [-0.39, 0.29) is 47.0 Å². The molecule has 62 valence electrons. The third kappa shape index (κ3) is 4.51. The molecule has 0 aliphatic heterocycles. The fraction of sp³-hybridized carbons (Fsp3) is 0.143. The maximum Gasteiger partial charge on any atom is 2.00 e. The normalized spacial score (nSPS) is 9.58. The van der Waals surface area contributed by atoms with E-state index < -0.39 is 11.7 Å². The van der Waals surface area contributed by atoms with E-state index in [1.807, 2.05) is 0 Å². The molecule has 0 aromatic heterocycles. The van der Waals surface area contributed by atoms with Crippen molar-refractivity contribution < 1.29 is 37.1 Å². The number of halogens is 4. The standard InChI is InChI=1S/C7H4F3.HI.Mg/c8-7(9,10)6-4-2-1-3-5-6;;/h2-5H;1H;/q-1;;+2/p-1. The zero-order valence-corrected chi connectivity index (χ0v) is 9.60. The molecule has 0 saturated heterocycles. The number of hydrogen-bond acceptors (Lipinski definition) is 0. The van der Waals surface area contributed by atoms with Crippen molar-refractivity contribution >= 4 is 23.1 Å². The first-order chi connectivity index (χ1) is 4.61. The summed E-state index contributed by atoms with van der Waals surface area (Å²) >= 11 is 0. The Morgan fingerprint density at radius 3 is 1.75 bits per heavy atom. The van der Waals surface area contributed by atoms with Crippen LogP contribution < -0.4 is 24.0 Å². The summed E-state index contributed by atoms with van der Waals surface area (Å²) < 4.78 is 35.3. The smallest absolute Gasteiger partial charge is 1.00 e. The predicted molar refractivity (Wildman–Crippen MR) is 36.0 cm³/mol. The van der Waals surface area contributed by atoms with Gasteiger partial charge in [0.05, 0.1) is 0 Å². The maximum absolute atomic E-state index is 11.8. The van der Waals surface area contributed by atoms with Crippen LogP contribution >= 0.6 is 0 Å². The van der Waals surface area contributed by atoms with E-state index >= 15 is 0 Å². The molecule has 0 nitrogen and oxygen atoms in total. The summed E-state index contributed by atoms with van der Waals surface area (Å²) in [6, 6.07) is 6.95. The van der Waals surface area contributed by atoms with Gasteiger partial charge in [0.15, 0.2) is 0 Å². The van der Waals surface area contributed by atoms with Gasteiger partial charge in [-0.15, -0.1) is 0 Å². The summed E-state index contributed by atoms with van der Waals surface area (Å²) in [5.74, 6) is 0. The van der Waals surface area contributed by atoms with Crippen molar-refractivity contribution in [1.29, 1.82) is 0 Å². The first kappa shape index (κ1) is 15.0. The zero-order valence-electron chi connectivity index (χ0n) is 6.03. The average Bonchev–Trinajstić information content (AvgIpc) is 1.88. The van der Waals surface area contributed by atoms with E-state index in [4.69, 9.17) is 0 Å². The Labute approximate surface area is 102 Å². The second kappa shape index (κ2) is 6.04. The van der Waals surface area contributed by atoms with Crippen LogP contribution in [0.1, 0.15) is 5.56 Å². The molecule has 1 aromatic rings. The number of benzene rings is 1. The van der Waals surface area contributed by atoms with Crippen LogP contribution in [0, 0.1) is 6.07 Å². The van der Waals surface area contributed by atoms with Gasteiger partial charge in [-0.2, -0.15) is 43.5 Å². The van der Waals surface area contributed by atoms with Crippen molar-refractivity contribution in [3.8, 4) is 0 Å². The molecule has 0 N–H and O–H groups in total. The fourth-order valence-corrected chi connectivity index (χ4v) is 0.576. The minimum Gasteiger partial charge on any atom is -1.00 e. The third-order valence-corrected chi connectivity index (χ3v) is 1.05. The summed E-state index contributed by atoms with van der Waals surface area (Å²) in [4.78, 5) is 0. The molecule has 0 bridgehead atoms. The molecule has 0 heterocycles. The first-order valence-corrected chi connectivity index (χ1v) is 2.64. The van der Waals surface area contributed by atoms with E-state index in [0.29, 0.717) is 0 Å². The molecule has 0 aliphatic rings. The van der Waals surface area contributed by atoms with Crippen LogP contribution in [-0.2, 0) is 6.18 Å². The minimum atomic E-state index is -4.23. The molecule has 5 heteroatoms. The van der Waals surface area contributed by atoms with Gasteiger partial charge in [0, 0.05) is 0 Å². The van der Waals surface area contributed by atoms with E-state index in [1.165, 1.54) is 12.1 Å². The zero-order chi connectivity index (χ0) is 7.61. The Kier molecular flexibility index (Phi) is 7.54. The second-order valence-electron chi connectivity index (χ2n) is 1.79. The Morgan fingerprint density at radius 1 is 1.08 bits per heavy atom. The second-order valence-corrected chi connectivity index (χ2v) is 1.79. The Hall–Kier alpha value is 0.506. The van der Waals surface area contributed by atoms with Crippen LogP contribution in [-0.4, -0.2) is 23.1 Å². The minimum absolute atomic E-state index is 0. The summed E-state index contributed by atoms with van der Waals surface area (Å²) in [6.45, 7) is 0. The SMILES string of the molecule is FC(F)(F)c1cc[c-]cc1.[I-].[Mg+2]. The molecule has 0 radical (unpaired) electrons. The van der Waals surface area contributed by atoms with Crippen molar-refractivity contribution in [2.75, 3.05) is 0 Å². The number of rotatable bonds is 0. The number of hydrogen-bond donors (Lipinski definition) is 0. The summed E-state index contributed by atoms with van der Waals surface area (Å²) in [5, 5.41) is 0. The maximum atomic E-state index is 11.8. The molecular weight excluding hydrogens is 292 g/mol. The van der Waals surface area contributed by atoms with Gasteiger partial charge in [-0.3, -0.25) is 0 Å². The van der Waals surface area contributed by atoms with Gasteiger partial charge in [0.2, 0.25) is 0 Å². The van der Waals surface area contributed by atoms with Gasteiger partial charge < -0.3 is 24.0 Å². The topological polar surface area (TPSA) is 0 Å². The monoisotopic (exact) mass is 296 g/mol. The molecule has 0 fully saturated rings. The molecule has 1 rings (SSSR count). The van der Waals surface area contributed by atoms with Crippen LogP contribution in [0.5, 0.6) is 0 Å². The van der Waals surface area contributed by atoms with Gasteiger partial charge in [-0.05, 0) is 0 Å². The quantitative estimate of drug-likeness (QED) is 0.332. The van der Waals surface area contributed by atoms with Crippen LogP contribution in [0.15, 0.2) is 24.3 Å². The van der Waals surface area contributed by atoms with Crippen LogP contribution in [0.25, 0.3) is 0 Å². The van der Waals surface area contributed by atoms with Gasteiger partial charge in [-0.1, -0.05) is 5.56 Å². The van der Waals surface area contributed by atoms with Crippen molar-refractivity contribution in [3.05, 3.63) is 35.9 Å².